The van der Waals surface area contributed by atoms with Gasteiger partial charge >= 0.3 is 0 Å². The van der Waals surface area contributed by atoms with Gasteiger partial charge in [-0.1, -0.05) is 35.0 Å². The molecule has 2 N–H and O–H groups in total. The van der Waals surface area contributed by atoms with Crippen LogP contribution < -0.4 is 5.73 Å². The number of thiophene rings is 1. The molecule has 0 aliphatic heterocycles. The van der Waals surface area contributed by atoms with E-state index in [1.807, 2.05) is 0 Å². The third kappa shape index (κ3) is 2.11. The van der Waals surface area contributed by atoms with Gasteiger partial charge in [-0.05, 0) is 18.2 Å². The molecule has 0 spiro atoms. The van der Waals surface area contributed by atoms with Gasteiger partial charge in [0.05, 0.1) is 14.8 Å². The summed E-state index contributed by atoms with van der Waals surface area (Å²) in [7, 11) is 0. The molecule has 3 rings (SSSR count). The lowest BCUT2D eigenvalue weighted by atomic mass is 10.0. The molecule has 0 saturated carbocycles. The van der Waals surface area contributed by atoms with Gasteiger partial charge in [-0.2, -0.15) is 0 Å². The number of rotatable bonds is 2. The van der Waals surface area contributed by atoms with Gasteiger partial charge in [0.25, 0.3) is 0 Å². The molecule has 3 aromatic rings. The zero-order valence-corrected chi connectivity index (χ0v) is 11.1. The Bertz CT molecular complexity index is 738. The maximum Gasteiger partial charge on any atom is 0.230 e. The molecule has 0 bridgehead atoms. The Kier molecular flexibility index (Phi) is 3.00. The summed E-state index contributed by atoms with van der Waals surface area (Å²) in [5.74, 6) is -0.286. The number of hydrogen-bond acceptors (Lipinski definition) is 4. The van der Waals surface area contributed by atoms with Crippen LogP contribution >= 0.6 is 22.9 Å². The van der Waals surface area contributed by atoms with Crippen molar-refractivity contribution in [1.29, 1.82) is 0 Å². The van der Waals surface area contributed by atoms with Crippen LogP contribution in [0.2, 0.25) is 4.34 Å². The van der Waals surface area contributed by atoms with Crippen LogP contribution in [0.15, 0.2) is 40.9 Å². The van der Waals surface area contributed by atoms with Crippen LogP contribution in [0.25, 0.3) is 21.7 Å². The average molecular weight is 295 g/mol. The molecule has 0 unspecified atom stereocenters. The van der Waals surface area contributed by atoms with E-state index in [2.05, 4.69) is 5.16 Å². The molecule has 3 nitrogen and oxygen atoms in total. The average Bonchev–Trinajstić information content (AvgIpc) is 2.96. The second kappa shape index (κ2) is 4.68. The topological polar surface area (TPSA) is 52.0 Å². The van der Waals surface area contributed by atoms with Gasteiger partial charge < -0.3 is 10.3 Å². The molecule has 0 aliphatic carbocycles. The SMILES string of the molecule is Nc1onc(-c2ccc(Cl)s2)c1-c1ccccc1F. The van der Waals surface area contributed by atoms with Crippen molar-refractivity contribution in [1.82, 2.24) is 5.16 Å². The van der Waals surface area contributed by atoms with Crippen LogP contribution in [0, 0.1) is 5.82 Å². The molecule has 0 atom stereocenters. The third-order valence-electron chi connectivity index (χ3n) is 2.67. The van der Waals surface area contributed by atoms with E-state index in [0.29, 0.717) is 21.2 Å². The number of benzene rings is 1. The minimum Gasteiger partial charge on any atom is -0.367 e. The summed E-state index contributed by atoms with van der Waals surface area (Å²) in [6.45, 7) is 0. The molecule has 0 fully saturated rings. The number of hydrogen-bond donors (Lipinski definition) is 1. The van der Waals surface area contributed by atoms with E-state index >= 15 is 0 Å². The number of nitrogens with zero attached hydrogens (tertiary/aromatic N) is 1. The van der Waals surface area contributed by atoms with E-state index in [0.717, 1.165) is 4.88 Å². The van der Waals surface area contributed by atoms with Crippen molar-refractivity contribution < 1.29 is 8.91 Å². The molecular weight excluding hydrogens is 287 g/mol. The summed E-state index contributed by atoms with van der Waals surface area (Å²) < 4.78 is 19.5. The molecule has 0 radical (unpaired) electrons. The number of halogens is 2. The Labute approximate surface area is 117 Å². The third-order valence-corrected chi connectivity index (χ3v) is 3.91. The summed E-state index contributed by atoms with van der Waals surface area (Å²) in [5.41, 5.74) is 7.08. The van der Waals surface area contributed by atoms with Gasteiger partial charge in [0.2, 0.25) is 5.88 Å². The van der Waals surface area contributed by atoms with Crippen LogP contribution in [-0.4, -0.2) is 5.16 Å². The van der Waals surface area contributed by atoms with Crippen LogP contribution in [0.4, 0.5) is 10.3 Å². The molecule has 19 heavy (non-hydrogen) atoms. The quantitative estimate of drug-likeness (QED) is 0.760. The van der Waals surface area contributed by atoms with Crippen molar-refractivity contribution >= 4 is 28.8 Å². The fraction of sp³-hybridized carbons (Fsp3) is 0. The van der Waals surface area contributed by atoms with Crippen LogP contribution in [0.5, 0.6) is 0 Å². The summed E-state index contributed by atoms with van der Waals surface area (Å²) in [5, 5.41) is 3.90. The second-order valence-electron chi connectivity index (χ2n) is 3.85. The maximum absolute atomic E-state index is 13.9. The number of aromatic nitrogens is 1. The van der Waals surface area contributed by atoms with Crippen molar-refractivity contribution in [3.63, 3.8) is 0 Å². The Morgan fingerprint density at radius 1 is 1.21 bits per heavy atom. The van der Waals surface area contributed by atoms with Gasteiger partial charge in [0.1, 0.15) is 11.5 Å². The Morgan fingerprint density at radius 3 is 2.68 bits per heavy atom. The standard InChI is InChI=1S/C13H8ClFN2OS/c14-10-6-5-9(19-10)12-11(13(16)18-17-12)7-3-1-2-4-8(7)15/h1-6H,16H2. The predicted octanol–water partition coefficient (Wildman–Crippen LogP) is 4.44. The zero-order valence-electron chi connectivity index (χ0n) is 9.56. The monoisotopic (exact) mass is 294 g/mol. The van der Waals surface area contributed by atoms with E-state index < -0.39 is 0 Å². The van der Waals surface area contributed by atoms with Gasteiger partial charge in [-0.3, -0.25) is 0 Å². The Hall–Kier alpha value is -1.85. The van der Waals surface area contributed by atoms with Crippen molar-refractivity contribution in [2.24, 2.45) is 0 Å². The molecule has 0 aliphatic rings. The predicted molar refractivity (Wildman–Crippen MR) is 74.6 cm³/mol. The number of nitrogens with two attached hydrogens (primary N) is 1. The first-order chi connectivity index (χ1) is 9.16. The summed E-state index contributed by atoms with van der Waals surface area (Å²) in [4.78, 5) is 0.781. The van der Waals surface area contributed by atoms with E-state index in [4.69, 9.17) is 21.9 Å². The highest BCUT2D eigenvalue weighted by Crippen LogP contribution is 2.40. The molecule has 2 aromatic heterocycles. The van der Waals surface area contributed by atoms with Crippen LogP contribution in [0.1, 0.15) is 0 Å². The summed E-state index contributed by atoms with van der Waals surface area (Å²) >= 11 is 7.24. The first kappa shape index (κ1) is 12.2. The first-order valence-corrected chi connectivity index (χ1v) is 6.62. The lowest BCUT2D eigenvalue weighted by Crippen LogP contribution is -1.89. The molecule has 0 amide bonds. The van der Waals surface area contributed by atoms with Gasteiger partial charge in [-0.15, -0.1) is 11.3 Å². The fourth-order valence-corrected chi connectivity index (χ4v) is 2.87. The minimum absolute atomic E-state index is 0.0876. The van der Waals surface area contributed by atoms with E-state index in [-0.39, 0.29) is 11.7 Å². The molecule has 2 heterocycles. The molecular formula is C13H8ClFN2OS. The Morgan fingerprint density at radius 2 is 2.00 bits per heavy atom. The number of nitrogen functional groups attached to an aromatic ring is 1. The number of anilines is 1. The van der Waals surface area contributed by atoms with Gasteiger partial charge in [-0.25, -0.2) is 4.39 Å². The molecule has 1 aromatic carbocycles. The lowest BCUT2D eigenvalue weighted by Gasteiger charge is -2.02. The second-order valence-corrected chi connectivity index (χ2v) is 5.57. The molecule has 0 saturated heterocycles. The molecule has 96 valence electrons. The molecule has 6 heteroatoms. The Balaban J connectivity index is 2.22. The summed E-state index contributed by atoms with van der Waals surface area (Å²) in [6, 6.07) is 9.90. The highest BCUT2D eigenvalue weighted by Gasteiger charge is 2.20. The fourth-order valence-electron chi connectivity index (χ4n) is 1.84. The highest BCUT2D eigenvalue weighted by molar-refractivity contribution is 7.19. The lowest BCUT2D eigenvalue weighted by molar-refractivity contribution is 0.439. The van der Waals surface area contributed by atoms with E-state index in [9.17, 15) is 4.39 Å². The van der Waals surface area contributed by atoms with Crippen molar-refractivity contribution in [3.8, 4) is 21.7 Å². The maximum atomic E-state index is 13.9. The first-order valence-electron chi connectivity index (χ1n) is 5.42. The van der Waals surface area contributed by atoms with Gasteiger partial charge in [0, 0.05) is 5.56 Å². The minimum atomic E-state index is -0.374. The van der Waals surface area contributed by atoms with Crippen LogP contribution in [-0.2, 0) is 0 Å². The van der Waals surface area contributed by atoms with Crippen LogP contribution in [0.3, 0.4) is 0 Å². The smallest absolute Gasteiger partial charge is 0.230 e. The summed E-state index contributed by atoms with van der Waals surface area (Å²) in [6.07, 6.45) is 0. The highest BCUT2D eigenvalue weighted by atomic mass is 35.5. The van der Waals surface area contributed by atoms with E-state index in [1.54, 1.807) is 30.3 Å². The normalized spacial score (nSPS) is 10.8. The van der Waals surface area contributed by atoms with E-state index in [1.165, 1.54) is 17.4 Å². The van der Waals surface area contributed by atoms with Gasteiger partial charge in [0.15, 0.2) is 0 Å². The zero-order chi connectivity index (χ0) is 13.4. The van der Waals surface area contributed by atoms with Crippen molar-refractivity contribution in [3.05, 3.63) is 46.6 Å². The van der Waals surface area contributed by atoms with Crippen molar-refractivity contribution in [2.45, 2.75) is 0 Å². The van der Waals surface area contributed by atoms with Crippen molar-refractivity contribution in [2.75, 3.05) is 5.73 Å². The largest absolute Gasteiger partial charge is 0.367 e.